The fourth-order valence-electron chi connectivity index (χ4n) is 5.35. The largest absolute Gasteiger partial charge is 0.376 e. The molecule has 30 heavy (non-hydrogen) atoms. The molecule has 2 fully saturated rings. The molecule has 6 nitrogen and oxygen atoms in total. The van der Waals surface area contributed by atoms with Gasteiger partial charge in [0.15, 0.2) is 0 Å². The lowest BCUT2D eigenvalue weighted by molar-refractivity contribution is 0.127. The Bertz CT molecular complexity index is 949. The number of rotatable bonds is 4. The van der Waals surface area contributed by atoms with Crippen LogP contribution in [0.1, 0.15) is 55.0 Å². The Kier molecular flexibility index (Phi) is 5.54. The first-order chi connectivity index (χ1) is 14.7. The van der Waals surface area contributed by atoms with Gasteiger partial charge in [0.05, 0.1) is 0 Å². The van der Waals surface area contributed by atoms with Gasteiger partial charge in [-0.1, -0.05) is 25.3 Å². The van der Waals surface area contributed by atoms with Crippen LogP contribution in [0.5, 0.6) is 0 Å². The van der Waals surface area contributed by atoms with Crippen LogP contribution in [0.4, 0.5) is 10.5 Å². The van der Waals surface area contributed by atoms with E-state index in [0.29, 0.717) is 37.3 Å². The summed E-state index contributed by atoms with van der Waals surface area (Å²) in [5, 5.41) is 8.62. The second-order valence-electron chi connectivity index (χ2n) is 9.01. The van der Waals surface area contributed by atoms with Crippen molar-refractivity contribution in [3.05, 3.63) is 50.6 Å². The van der Waals surface area contributed by atoms with Crippen molar-refractivity contribution in [2.45, 2.75) is 63.6 Å². The van der Waals surface area contributed by atoms with Crippen LogP contribution < -0.4 is 16.2 Å². The van der Waals surface area contributed by atoms with Crippen LogP contribution in [0.15, 0.2) is 34.4 Å². The normalized spacial score (nSPS) is 23.7. The maximum absolute atomic E-state index is 13.1. The Morgan fingerprint density at radius 3 is 2.77 bits per heavy atom. The molecule has 7 heteroatoms. The smallest absolute Gasteiger partial charge is 0.317 e. The summed E-state index contributed by atoms with van der Waals surface area (Å²) in [6.45, 7) is 2.82. The van der Waals surface area contributed by atoms with Crippen molar-refractivity contribution in [2.75, 3.05) is 18.4 Å². The molecule has 2 bridgehead atoms. The van der Waals surface area contributed by atoms with E-state index in [1.54, 1.807) is 11.3 Å². The first kappa shape index (κ1) is 19.7. The predicted molar refractivity (Wildman–Crippen MR) is 120 cm³/mol. The molecule has 5 rings (SSSR count). The number of hydrogen-bond acceptors (Lipinski definition) is 4. The fourth-order valence-corrected chi connectivity index (χ4v) is 6.00. The summed E-state index contributed by atoms with van der Waals surface area (Å²) in [7, 11) is 0. The number of nitrogens with one attached hydrogen (secondary N) is 2. The number of nitrogens with zero attached hydrogens (tertiary/aromatic N) is 2. The standard InChI is InChI=1S/C23H30N4O2S/c28-22-20(24-12-19-7-4-10-30-19)8-9-21-17-11-16(14-27(21)22)13-26(15-17)23(29)25-18-5-2-1-3-6-18/h4,7-10,16-18,24H,1-3,5-6,11-15H2,(H,25,29)/t16-,17+/m0/s1. The number of anilines is 1. The first-order valence-electron chi connectivity index (χ1n) is 11.2. The van der Waals surface area contributed by atoms with Crippen LogP contribution in [0.2, 0.25) is 0 Å². The monoisotopic (exact) mass is 426 g/mol. The average molecular weight is 427 g/mol. The number of pyridine rings is 1. The van der Waals surface area contributed by atoms with Gasteiger partial charge in [0.2, 0.25) is 0 Å². The molecule has 0 unspecified atom stereocenters. The highest BCUT2D eigenvalue weighted by Gasteiger charge is 2.37. The summed E-state index contributed by atoms with van der Waals surface area (Å²) in [5.41, 5.74) is 1.81. The fraction of sp³-hybridized carbons (Fsp3) is 0.565. The molecule has 2 aromatic heterocycles. The lowest BCUT2D eigenvalue weighted by Gasteiger charge is -2.43. The van der Waals surface area contributed by atoms with E-state index >= 15 is 0 Å². The topological polar surface area (TPSA) is 66.4 Å². The van der Waals surface area contributed by atoms with Gasteiger partial charge < -0.3 is 20.1 Å². The molecule has 2 atom stereocenters. The van der Waals surface area contributed by atoms with E-state index in [1.807, 2.05) is 27.0 Å². The van der Waals surface area contributed by atoms with Gasteiger partial charge in [-0.3, -0.25) is 4.79 Å². The number of carbonyl (C=O) groups is 1. The molecular formula is C23H30N4O2S. The highest BCUT2D eigenvalue weighted by atomic mass is 32.1. The van der Waals surface area contributed by atoms with Gasteiger partial charge in [0, 0.05) is 48.7 Å². The molecule has 1 aliphatic carbocycles. The maximum atomic E-state index is 13.1. The summed E-state index contributed by atoms with van der Waals surface area (Å²) in [6.07, 6.45) is 6.99. The summed E-state index contributed by atoms with van der Waals surface area (Å²) >= 11 is 1.69. The number of piperidine rings is 1. The van der Waals surface area contributed by atoms with Crippen LogP contribution in [-0.4, -0.2) is 34.6 Å². The summed E-state index contributed by atoms with van der Waals surface area (Å²) in [6, 6.07) is 8.52. The van der Waals surface area contributed by atoms with Crippen molar-refractivity contribution in [1.29, 1.82) is 0 Å². The van der Waals surface area contributed by atoms with E-state index in [2.05, 4.69) is 22.8 Å². The van der Waals surface area contributed by atoms with E-state index in [-0.39, 0.29) is 17.5 Å². The van der Waals surface area contributed by atoms with Crippen LogP contribution in [0.25, 0.3) is 0 Å². The molecule has 0 aromatic carbocycles. The minimum atomic E-state index is 0.0684. The van der Waals surface area contributed by atoms with E-state index in [9.17, 15) is 9.59 Å². The van der Waals surface area contributed by atoms with Crippen molar-refractivity contribution < 1.29 is 4.79 Å². The van der Waals surface area contributed by atoms with Crippen molar-refractivity contribution in [2.24, 2.45) is 5.92 Å². The third kappa shape index (κ3) is 4.00. The lowest BCUT2D eigenvalue weighted by Crippen LogP contribution is -2.53. The van der Waals surface area contributed by atoms with Crippen molar-refractivity contribution in [3.63, 3.8) is 0 Å². The maximum Gasteiger partial charge on any atom is 0.317 e. The molecular weight excluding hydrogens is 396 g/mol. The third-order valence-corrected chi connectivity index (χ3v) is 7.73. The molecule has 0 spiro atoms. The van der Waals surface area contributed by atoms with Gasteiger partial charge in [-0.2, -0.15) is 0 Å². The molecule has 0 radical (unpaired) electrons. The van der Waals surface area contributed by atoms with Gasteiger partial charge in [-0.05, 0) is 48.8 Å². The van der Waals surface area contributed by atoms with Crippen molar-refractivity contribution >= 4 is 23.1 Å². The van der Waals surface area contributed by atoms with Crippen molar-refractivity contribution in [3.8, 4) is 0 Å². The molecule has 2 aromatic rings. The Labute approximate surface area is 181 Å². The highest BCUT2D eigenvalue weighted by Crippen LogP contribution is 2.35. The van der Waals surface area contributed by atoms with Crippen LogP contribution in [0, 0.1) is 5.92 Å². The zero-order chi connectivity index (χ0) is 20.5. The zero-order valence-corrected chi connectivity index (χ0v) is 18.1. The summed E-state index contributed by atoms with van der Waals surface area (Å²) in [5.74, 6) is 0.590. The van der Waals surface area contributed by atoms with Gasteiger partial charge >= 0.3 is 6.03 Å². The predicted octanol–water partition coefficient (Wildman–Crippen LogP) is 3.98. The molecule has 4 heterocycles. The summed E-state index contributed by atoms with van der Waals surface area (Å²) in [4.78, 5) is 29.2. The molecule has 2 amide bonds. The number of aromatic nitrogens is 1. The van der Waals surface area contributed by atoms with Crippen LogP contribution >= 0.6 is 11.3 Å². The molecule has 3 aliphatic rings. The molecule has 2 aliphatic heterocycles. The highest BCUT2D eigenvalue weighted by molar-refractivity contribution is 7.09. The Hall–Kier alpha value is -2.28. The minimum Gasteiger partial charge on any atom is -0.376 e. The molecule has 1 saturated carbocycles. The third-order valence-electron chi connectivity index (χ3n) is 6.86. The number of thiophene rings is 1. The zero-order valence-electron chi connectivity index (χ0n) is 17.3. The second-order valence-corrected chi connectivity index (χ2v) is 10.0. The average Bonchev–Trinajstić information content (AvgIpc) is 3.28. The van der Waals surface area contributed by atoms with E-state index in [0.717, 1.165) is 31.5 Å². The van der Waals surface area contributed by atoms with Crippen LogP contribution in [-0.2, 0) is 13.1 Å². The van der Waals surface area contributed by atoms with E-state index in [4.69, 9.17) is 0 Å². The van der Waals surface area contributed by atoms with Gasteiger partial charge in [0.25, 0.3) is 5.56 Å². The van der Waals surface area contributed by atoms with Crippen molar-refractivity contribution in [1.82, 2.24) is 14.8 Å². The number of carbonyl (C=O) groups excluding carboxylic acids is 1. The van der Waals surface area contributed by atoms with Gasteiger partial charge in [-0.15, -0.1) is 11.3 Å². The van der Waals surface area contributed by atoms with Gasteiger partial charge in [-0.25, -0.2) is 4.79 Å². The van der Waals surface area contributed by atoms with Gasteiger partial charge in [0.1, 0.15) is 5.69 Å². The number of likely N-dealkylation sites (tertiary alicyclic amines) is 1. The Balaban J connectivity index is 1.28. The molecule has 2 N–H and O–H groups in total. The van der Waals surface area contributed by atoms with Crippen LogP contribution in [0.3, 0.4) is 0 Å². The summed E-state index contributed by atoms with van der Waals surface area (Å²) < 4.78 is 1.95. The second kappa shape index (κ2) is 8.46. The Morgan fingerprint density at radius 2 is 1.97 bits per heavy atom. The van der Waals surface area contributed by atoms with E-state index in [1.165, 1.54) is 24.1 Å². The number of urea groups is 1. The SMILES string of the molecule is O=C(NC1CCCCC1)N1C[C@@H]2C[C@H](C1)c1ccc(NCc3cccs3)c(=O)n1C2. The minimum absolute atomic E-state index is 0.0684. The molecule has 1 saturated heterocycles. The number of hydrogen-bond donors (Lipinski definition) is 2. The number of amides is 2. The Morgan fingerprint density at radius 1 is 1.10 bits per heavy atom. The quantitative estimate of drug-likeness (QED) is 0.777. The molecule has 160 valence electrons. The number of fused-ring (bicyclic) bond motifs is 4. The first-order valence-corrected chi connectivity index (χ1v) is 12.1. The van der Waals surface area contributed by atoms with E-state index < -0.39 is 0 Å². The lowest BCUT2D eigenvalue weighted by atomic mass is 9.83.